The molecule has 0 aliphatic rings. The van der Waals surface area contributed by atoms with Crippen molar-refractivity contribution in [3.8, 4) is 0 Å². The van der Waals surface area contributed by atoms with E-state index in [4.69, 9.17) is 11.6 Å². The van der Waals surface area contributed by atoms with Crippen LogP contribution in [0.5, 0.6) is 0 Å². The Hall–Kier alpha value is -1.13. The number of likely N-dealkylation sites (N-methyl/N-ethyl adjacent to an activating group) is 1. The van der Waals surface area contributed by atoms with Crippen molar-refractivity contribution >= 4 is 22.6 Å². The van der Waals surface area contributed by atoms with Crippen LogP contribution >= 0.6 is 11.6 Å². The highest BCUT2D eigenvalue weighted by Gasteiger charge is 2.14. The summed E-state index contributed by atoms with van der Waals surface area (Å²) in [6.07, 6.45) is 0. The maximum absolute atomic E-state index is 13.2. The minimum atomic E-state index is -0.270. The van der Waals surface area contributed by atoms with Crippen molar-refractivity contribution in [1.29, 1.82) is 0 Å². The lowest BCUT2D eigenvalue weighted by Gasteiger charge is -2.21. The van der Waals surface area contributed by atoms with Gasteiger partial charge < -0.3 is 9.47 Å². The summed E-state index contributed by atoms with van der Waals surface area (Å²) in [5.41, 5.74) is 1.59. The Labute approximate surface area is 111 Å². The van der Waals surface area contributed by atoms with Gasteiger partial charge in [0.2, 0.25) is 0 Å². The molecule has 0 aliphatic heterocycles. The first kappa shape index (κ1) is 13.3. The lowest BCUT2D eigenvalue weighted by Crippen LogP contribution is -2.29. The first-order chi connectivity index (χ1) is 8.52. The van der Waals surface area contributed by atoms with Crippen molar-refractivity contribution in [2.24, 2.45) is 0 Å². The number of benzene rings is 1. The van der Waals surface area contributed by atoms with E-state index in [0.29, 0.717) is 17.4 Å². The molecular formula is C13H17ClFN3. The van der Waals surface area contributed by atoms with Crippen LogP contribution in [0.2, 0.25) is 0 Å². The molecule has 3 nitrogen and oxygen atoms in total. The van der Waals surface area contributed by atoms with E-state index in [0.717, 1.165) is 17.9 Å². The summed E-state index contributed by atoms with van der Waals surface area (Å²) in [5, 5.41) is 0. The minimum Gasteiger partial charge on any atom is -0.325 e. The van der Waals surface area contributed by atoms with Crippen molar-refractivity contribution in [2.75, 3.05) is 14.1 Å². The van der Waals surface area contributed by atoms with E-state index in [1.807, 2.05) is 14.1 Å². The Bertz CT molecular complexity index is 550. The Morgan fingerprint density at radius 1 is 1.44 bits per heavy atom. The number of aromatic nitrogens is 2. The molecule has 1 aromatic heterocycles. The summed E-state index contributed by atoms with van der Waals surface area (Å²) in [6, 6.07) is 5.02. The minimum absolute atomic E-state index is 0.270. The molecule has 0 spiro atoms. The largest absolute Gasteiger partial charge is 0.325 e. The number of alkyl halides is 1. The van der Waals surface area contributed by atoms with E-state index in [1.165, 1.54) is 12.1 Å². The van der Waals surface area contributed by atoms with E-state index in [2.05, 4.69) is 21.4 Å². The SMILES string of the molecule is CC(Cn1c(CCl)nc2cc(F)ccc21)N(C)C. The van der Waals surface area contributed by atoms with Crippen LogP contribution in [0, 0.1) is 5.82 Å². The molecule has 0 saturated heterocycles. The van der Waals surface area contributed by atoms with Crippen LogP contribution < -0.4 is 0 Å². The molecule has 18 heavy (non-hydrogen) atoms. The number of hydrogen-bond donors (Lipinski definition) is 0. The number of fused-ring (bicyclic) bond motifs is 1. The van der Waals surface area contributed by atoms with Crippen molar-refractivity contribution in [3.05, 3.63) is 29.8 Å². The van der Waals surface area contributed by atoms with Gasteiger partial charge in [-0.2, -0.15) is 0 Å². The van der Waals surface area contributed by atoms with Crippen LogP contribution in [0.3, 0.4) is 0 Å². The van der Waals surface area contributed by atoms with Gasteiger partial charge in [-0.1, -0.05) is 0 Å². The average Bonchev–Trinajstić information content (AvgIpc) is 2.66. The molecule has 0 saturated carbocycles. The van der Waals surface area contributed by atoms with E-state index in [1.54, 1.807) is 6.07 Å². The highest BCUT2D eigenvalue weighted by atomic mass is 35.5. The fourth-order valence-corrected chi connectivity index (χ4v) is 2.09. The van der Waals surface area contributed by atoms with Crippen LogP contribution in [0.1, 0.15) is 12.7 Å². The molecule has 2 rings (SSSR count). The van der Waals surface area contributed by atoms with Gasteiger partial charge in [-0.3, -0.25) is 0 Å². The van der Waals surface area contributed by atoms with Crippen LogP contribution in [-0.4, -0.2) is 34.6 Å². The van der Waals surface area contributed by atoms with Gasteiger partial charge >= 0.3 is 0 Å². The van der Waals surface area contributed by atoms with Gasteiger partial charge in [0.1, 0.15) is 11.6 Å². The summed E-state index contributed by atoms with van der Waals surface area (Å²) in [6.45, 7) is 2.92. The third kappa shape index (κ3) is 2.49. The van der Waals surface area contributed by atoms with E-state index in [9.17, 15) is 4.39 Å². The topological polar surface area (TPSA) is 21.1 Å². The molecule has 1 atom stereocenters. The molecule has 1 aromatic carbocycles. The molecule has 2 aromatic rings. The molecule has 1 heterocycles. The number of hydrogen-bond acceptors (Lipinski definition) is 2. The van der Waals surface area contributed by atoms with Crippen molar-refractivity contribution in [1.82, 2.24) is 14.5 Å². The van der Waals surface area contributed by atoms with Gasteiger partial charge in [-0.25, -0.2) is 9.37 Å². The molecule has 5 heteroatoms. The summed E-state index contributed by atoms with van der Waals surface area (Å²) in [7, 11) is 4.06. The molecule has 0 aliphatic carbocycles. The van der Waals surface area contributed by atoms with Gasteiger partial charge in [-0.05, 0) is 33.2 Å². The lowest BCUT2D eigenvalue weighted by molar-refractivity contribution is 0.284. The number of imidazole rings is 1. The first-order valence-electron chi connectivity index (χ1n) is 5.90. The van der Waals surface area contributed by atoms with E-state index in [-0.39, 0.29) is 5.82 Å². The van der Waals surface area contributed by atoms with E-state index < -0.39 is 0 Å². The molecular weight excluding hydrogens is 253 g/mol. The number of nitrogens with zero attached hydrogens (tertiary/aromatic N) is 3. The molecule has 98 valence electrons. The van der Waals surface area contributed by atoms with Gasteiger partial charge in [0.25, 0.3) is 0 Å². The zero-order valence-electron chi connectivity index (χ0n) is 10.8. The summed E-state index contributed by atoms with van der Waals surface area (Å²) >= 11 is 5.92. The maximum atomic E-state index is 13.2. The molecule has 0 radical (unpaired) electrons. The molecule has 1 unspecified atom stereocenters. The lowest BCUT2D eigenvalue weighted by atomic mass is 10.2. The second-order valence-corrected chi connectivity index (χ2v) is 4.99. The van der Waals surface area contributed by atoms with Crippen molar-refractivity contribution in [3.63, 3.8) is 0 Å². The van der Waals surface area contributed by atoms with Crippen LogP contribution in [0.15, 0.2) is 18.2 Å². The highest BCUT2D eigenvalue weighted by Crippen LogP contribution is 2.19. The van der Waals surface area contributed by atoms with Gasteiger partial charge in [-0.15, -0.1) is 11.6 Å². The Kier molecular flexibility index (Phi) is 3.88. The molecule has 0 N–H and O–H groups in total. The van der Waals surface area contributed by atoms with Crippen molar-refractivity contribution in [2.45, 2.75) is 25.4 Å². The number of rotatable bonds is 4. The molecule has 0 bridgehead atoms. The average molecular weight is 270 g/mol. The normalized spacial score (nSPS) is 13.4. The summed E-state index contributed by atoms with van der Waals surface area (Å²) in [5.74, 6) is 0.844. The monoisotopic (exact) mass is 269 g/mol. The first-order valence-corrected chi connectivity index (χ1v) is 6.43. The fraction of sp³-hybridized carbons (Fsp3) is 0.462. The maximum Gasteiger partial charge on any atom is 0.125 e. The van der Waals surface area contributed by atoms with Crippen LogP contribution in [0.4, 0.5) is 4.39 Å². The highest BCUT2D eigenvalue weighted by molar-refractivity contribution is 6.16. The fourth-order valence-electron chi connectivity index (χ4n) is 1.89. The predicted octanol–water partition coefficient (Wildman–Crippen LogP) is 2.86. The van der Waals surface area contributed by atoms with Gasteiger partial charge in [0.05, 0.1) is 16.9 Å². The number of halogens is 2. The summed E-state index contributed by atoms with van der Waals surface area (Å²) < 4.78 is 15.2. The van der Waals surface area contributed by atoms with Crippen LogP contribution in [0.25, 0.3) is 11.0 Å². The smallest absolute Gasteiger partial charge is 0.125 e. The standard InChI is InChI=1S/C13H17ClFN3/c1-9(17(2)3)8-18-12-5-4-10(15)6-11(12)16-13(18)7-14/h4-6,9H,7-8H2,1-3H3. The van der Waals surface area contributed by atoms with E-state index >= 15 is 0 Å². The van der Waals surface area contributed by atoms with Crippen molar-refractivity contribution < 1.29 is 4.39 Å². The predicted molar refractivity (Wildman–Crippen MR) is 72.4 cm³/mol. The molecule has 0 fully saturated rings. The van der Waals surface area contributed by atoms with Gasteiger partial charge in [0.15, 0.2) is 0 Å². The van der Waals surface area contributed by atoms with Crippen LogP contribution in [-0.2, 0) is 12.4 Å². The van der Waals surface area contributed by atoms with Gasteiger partial charge in [0, 0.05) is 18.7 Å². The zero-order chi connectivity index (χ0) is 13.3. The summed E-state index contributed by atoms with van der Waals surface area (Å²) in [4.78, 5) is 6.51. The third-order valence-electron chi connectivity index (χ3n) is 3.24. The Morgan fingerprint density at radius 3 is 2.78 bits per heavy atom. The second kappa shape index (κ2) is 5.24. The second-order valence-electron chi connectivity index (χ2n) is 4.72. The Balaban J connectivity index is 2.47. The molecule has 0 amide bonds. The third-order valence-corrected chi connectivity index (χ3v) is 3.48. The zero-order valence-corrected chi connectivity index (χ0v) is 11.6. The Morgan fingerprint density at radius 2 is 2.17 bits per heavy atom. The quantitative estimate of drug-likeness (QED) is 0.796.